The first-order chi connectivity index (χ1) is 15.9. The van der Waals surface area contributed by atoms with Crippen molar-refractivity contribution in [3.63, 3.8) is 0 Å². The van der Waals surface area contributed by atoms with E-state index >= 15 is 0 Å². The molecule has 1 amide bonds. The first-order valence-electron chi connectivity index (χ1n) is 11.5. The summed E-state index contributed by atoms with van der Waals surface area (Å²) >= 11 is 0. The van der Waals surface area contributed by atoms with Gasteiger partial charge in [0.05, 0.1) is 11.3 Å². The lowest BCUT2D eigenvalue weighted by atomic mass is 10.1. The summed E-state index contributed by atoms with van der Waals surface area (Å²) in [5.74, 6) is -0.237. The quantitative estimate of drug-likeness (QED) is 0.453. The topological polar surface area (TPSA) is 57.7 Å². The van der Waals surface area contributed by atoms with Gasteiger partial charge in [-0.05, 0) is 65.0 Å². The third kappa shape index (κ3) is 6.94. The van der Waals surface area contributed by atoms with E-state index in [9.17, 15) is 18.8 Å². The van der Waals surface area contributed by atoms with Crippen molar-refractivity contribution in [3.8, 4) is 0 Å². The van der Waals surface area contributed by atoms with Crippen LogP contribution in [0.2, 0.25) is 0 Å². The van der Waals surface area contributed by atoms with Gasteiger partial charge in [-0.3, -0.25) is 14.4 Å². The second kappa shape index (κ2) is 12.0. The monoisotopic (exact) mass is 470 g/mol. The van der Waals surface area contributed by atoms with Crippen LogP contribution in [0.25, 0.3) is 0 Å². The molecule has 2 aliphatic heterocycles. The first kappa shape index (κ1) is 25.0. The van der Waals surface area contributed by atoms with Crippen LogP contribution in [0.1, 0.15) is 58.4 Å². The smallest absolute Gasteiger partial charge is 0.254 e. The Balaban J connectivity index is 0.000000194. The van der Waals surface area contributed by atoms with Crippen LogP contribution in [-0.4, -0.2) is 55.0 Å². The maximum Gasteiger partial charge on any atom is 0.254 e. The molecule has 7 heteroatoms. The fourth-order valence-corrected chi connectivity index (χ4v) is 5.63. The van der Waals surface area contributed by atoms with Gasteiger partial charge in [0.2, 0.25) is 0 Å². The van der Waals surface area contributed by atoms with Gasteiger partial charge < -0.3 is 9.80 Å². The largest absolute Gasteiger partial charge is 0.369 e. The van der Waals surface area contributed by atoms with E-state index < -0.39 is 0 Å². The first-order valence-corrected chi connectivity index (χ1v) is 12.6. The molecule has 5 nitrogen and oxygen atoms in total. The predicted molar refractivity (Wildman–Crippen MR) is 132 cm³/mol. The molecule has 2 atom stereocenters. The molecule has 0 N–H and O–H groups in total. The average molecular weight is 471 g/mol. The summed E-state index contributed by atoms with van der Waals surface area (Å²) < 4.78 is 13.6. The Hall–Kier alpha value is -2.59. The van der Waals surface area contributed by atoms with Gasteiger partial charge in [-0.25, -0.2) is 4.39 Å². The van der Waals surface area contributed by atoms with Gasteiger partial charge in [-0.2, -0.15) is 0 Å². The second-order valence-electron chi connectivity index (χ2n) is 8.70. The molecule has 2 aliphatic rings. The van der Waals surface area contributed by atoms with E-state index in [-0.39, 0.29) is 17.4 Å². The Morgan fingerprint density at radius 2 is 1.91 bits per heavy atom. The summed E-state index contributed by atoms with van der Waals surface area (Å²) in [6.07, 6.45) is 5.85. The van der Waals surface area contributed by atoms with E-state index in [2.05, 4.69) is 4.90 Å². The highest BCUT2D eigenvalue weighted by Gasteiger charge is 2.25. The van der Waals surface area contributed by atoms with E-state index in [1.165, 1.54) is 19.3 Å². The molecule has 2 aromatic rings. The number of hydrogen-bond acceptors (Lipinski definition) is 4. The standard InChI is InChI=1S/C14H16NO3P.C12H16FN/c1-15(8-11-6-7-13(17)19-11)14(18)12-5-3-2-4-10(12)9-16;1-10-5-6-12(11(13)9-10)14-7-3-2-4-8-14/h2-5,9,11,19H,6-8H2,1H3;5-6,9H,2-4,7-8H2,1H3. The Labute approximate surface area is 197 Å². The molecule has 33 heavy (non-hydrogen) atoms. The lowest BCUT2D eigenvalue weighted by Gasteiger charge is -2.29. The highest BCUT2D eigenvalue weighted by Crippen LogP contribution is 2.34. The fourth-order valence-electron chi connectivity index (χ4n) is 4.23. The third-order valence-electron chi connectivity index (χ3n) is 6.04. The van der Waals surface area contributed by atoms with Crippen LogP contribution in [0.3, 0.4) is 0 Å². The number of amides is 1. The molecule has 0 aliphatic carbocycles. The van der Waals surface area contributed by atoms with Crippen LogP contribution >= 0.6 is 8.58 Å². The normalized spacial score (nSPS) is 18.6. The van der Waals surface area contributed by atoms with Crippen LogP contribution in [0, 0.1) is 12.7 Å². The second-order valence-corrected chi connectivity index (χ2v) is 10.4. The molecule has 176 valence electrons. The van der Waals surface area contributed by atoms with E-state index in [0.29, 0.717) is 44.5 Å². The summed E-state index contributed by atoms with van der Waals surface area (Å²) in [7, 11) is 2.03. The van der Waals surface area contributed by atoms with Crippen molar-refractivity contribution < 1.29 is 18.8 Å². The molecule has 2 heterocycles. The Bertz CT molecular complexity index is 991. The number of hydrogen-bond donors (Lipinski definition) is 0. The van der Waals surface area contributed by atoms with Crippen molar-refractivity contribution in [2.45, 2.75) is 44.7 Å². The van der Waals surface area contributed by atoms with Crippen LogP contribution in [0.5, 0.6) is 0 Å². The summed E-state index contributed by atoms with van der Waals surface area (Å²) in [4.78, 5) is 38.2. The fraction of sp³-hybridized carbons (Fsp3) is 0.423. The number of aryl methyl sites for hydroxylation is 1. The number of benzene rings is 2. The minimum absolute atomic E-state index is 0.0769. The Morgan fingerprint density at radius 1 is 1.18 bits per heavy atom. The number of carbonyl (C=O) groups is 3. The zero-order valence-electron chi connectivity index (χ0n) is 19.4. The van der Waals surface area contributed by atoms with E-state index in [1.54, 1.807) is 42.3 Å². The lowest BCUT2D eigenvalue weighted by molar-refractivity contribution is -0.110. The molecule has 2 fully saturated rings. The molecule has 0 radical (unpaired) electrons. The minimum Gasteiger partial charge on any atom is -0.369 e. The third-order valence-corrected chi connectivity index (χ3v) is 7.50. The van der Waals surface area contributed by atoms with E-state index in [1.807, 2.05) is 19.1 Å². The number of nitrogens with zero attached hydrogens (tertiary/aromatic N) is 2. The maximum absolute atomic E-state index is 13.6. The predicted octanol–water partition coefficient (Wildman–Crippen LogP) is 5.06. The SMILES string of the molecule is CN(CC1CCC(=O)P1)C(=O)c1ccccc1C=O.Cc1ccc(N2CCCCC2)c(F)c1. The Kier molecular flexibility index (Phi) is 9.13. The van der Waals surface area contributed by atoms with Gasteiger partial charge in [0.25, 0.3) is 5.91 Å². The summed E-state index contributed by atoms with van der Waals surface area (Å²) in [5.41, 5.74) is 3.18. The zero-order valence-corrected chi connectivity index (χ0v) is 20.4. The number of halogens is 1. The van der Waals surface area contributed by atoms with Gasteiger partial charge in [0.15, 0.2) is 11.8 Å². The van der Waals surface area contributed by atoms with Gasteiger partial charge >= 0.3 is 0 Å². The molecule has 0 spiro atoms. The van der Waals surface area contributed by atoms with Gasteiger partial charge in [-0.15, -0.1) is 0 Å². The molecule has 0 aromatic heterocycles. The van der Waals surface area contributed by atoms with Crippen molar-refractivity contribution in [1.29, 1.82) is 0 Å². The lowest BCUT2D eigenvalue weighted by Crippen LogP contribution is -2.32. The molecule has 0 saturated carbocycles. The molecular weight excluding hydrogens is 438 g/mol. The van der Waals surface area contributed by atoms with E-state index in [4.69, 9.17) is 0 Å². The average Bonchev–Trinajstić information content (AvgIpc) is 3.24. The minimum atomic E-state index is -0.160. The van der Waals surface area contributed by atoms with Crippen LogP contribution in [-0.2, 0) is 4.79 Å². The molecule has 2 unspecified atom stereocenters. The number of rotatable bonds is 5. The van der Waals surface area contributed by atoms with Crippen LogP contribution < -0.4 is 4.90 Å². The molecule has 2 saturated heterocycles. The van der Waals surface area contributed by atoms with Crippen molar-refractivity contribution in [2.24, 2.45) is 0 Å². The summed E-state index contributed by atoms with van der Waals surface area (Å²) in [5, 5.41) is 0. The van der Waals surface area contributed by atoms with Gasteiger partial charge in [0, 0.05) is 44.3 Å². The number of anilines is 1. The van der Waals surface area contributed by atoms with E-state index in [0.717, 1.165) is 30.8 Å². The zero-order chi connectivity index (χ0) is 23.8. The molecule has 0 bridgehead atoms. The van der Waals surface area contributed by atoms with Crippen molar-refractivity contribution in [2.75, 3.05) is 31.6 Å². The molecular formula is C26H32FN2O3P. The molecule has 4 rings (SSSR count). The number of piperidine rings is 1. The van der Waals surface area contributed by atoms with Crippen LogP contribution in [0.4, 0.5) is 10.1 Å². The van der Waals surface area contributed by atoms with Gasteiger partial charge in [-0.1, -0.05) is 24.3 Å². The number of carbonyl (C=O) groups excluding carboxylic acids is 3. The summed E-state index contributed by atoms with van der Waals surface area (Å²) in [6, 6.07) is 12.3. The maximum atomic E-state index is 13.6. The number of aldehydes is 1. The molecule has 2 aromatic carbocycles. The Morgan fingerprint density at radius 3 is 2.55 bits per heavy atom. The van der Waals surface area contributed by atoms with Crippen molar-refractivity contribution >= 4 is 32.0 Å². The van der Waals surface area contributed by atoms with Crippen molar-refractivity contribution in [3.05, 3.63) is 65.0 Å². The van der Waals surface area contributed by atoms with Crippen LogP contribution in [0.15, 0.2) is 42.5 Å². The highest BCUT2D eigenvalue weighted by atomic mass is 31.1. The van der Waals surface area contributed by atoms with Gasteiger partial charge in [0.1, 0.15) is 5.82 Å². The van der Waals surface area contributed by atoms with Crippen molar-refractivity contribution in [1.82, 2.24) is 4.90 Å². The summed E-state index contributed by atoms with van der Waals surface area (Å²) in [6.45, 7) is 4.50. The highest BCUT2D eigenvalue weighted by molar-refractivity contribution is 7.59.